The van der Waals surface area contributed by atoms with E-state index in [1.54, 1.807) is 18.2 Å². The minimum Gasteiger partial charge on any atom is -0.459 e. The highest BCUT2D eigenvalue weighted by atomic mass is 32.2. The number of benzene rings is 3. The van der Waals surface area contributed by atoms with Gasteiger partial charge in [0.15, 0.2) is 0 Å². The van der Waals surface area contributed by atoms with E-state index >= 15 is 0 Å². The van der Waals surface area contributed by atoms with Crippen LogP contribution < -0.4 is 10.6 Å². The molecule has 0 radical (unpaired) electrons. The molecule has 0 spiro atoms. The van der Waals surface area contributed by atoms with Crippen LogP contribution >= 0.6 is 0 Å². The minimum absolute atomic E-state index is 0.181. The Morgan fingerprint density at radius 2 is 1.95 bits per heavy atom. The third kappa shape index (κ3) is 5.21. The molecule has 3 heterocycles. The first-order chi connectivity index (χ1) is 18.7. The second-order valence-corrected chi connectivity index (χ2v) is 11.9. The Kier molecular flexibility index (Phi) is 6.28. The molecule has 0 saturated heterocycles. The third-order valence-corrected chi connectivity index (χ3v) is 7.65. The van der Waals surface area contributed by atoms with Gasteiger partial charge in [-0.1, -0.05) is 12.1 Å². The van der Waals surface area contributed by atoms with E-state index in [0.717, 1.165) is 45.2 Å². The summed E-state index contributed by atoms with van der Waals surface area (Å²) in [4.78, 5) is 6.68. The number of nitrogens with two attached hydrogens (primary N) is 1. The molecule has 0 saturated carbocycles. The van der Waals surface area contributed by atoms with Gasteiger partial charge in [0, 0.05) is 34.7 Å². The molecular formula is C29H26FN5O3S. The fraction of sp³-hybridized carbons (Fsp3) is 0.172. The lowest BCUT2D eigenvalue weighted by Crippen LogP contribution is -2.21. The van der Waals surface area contributed by atoms with Crippen LogP contribution in [0, 0.1) is 5.82 Å². The number of aromatic nitrogens is 2. The number of hydrogen-bond donors (Lipinski definition) is 1. The molecule has 0 fully saturated rings. The van der Waals surface area contributed by atoms with Crippen LogP contribution in [0.5, 0.6) is 0 Å². The zero-order valence-corrected chi connectivity index (χ0v) is 22.0. The van der Waals surface area contributed by atoms with Gasteiger partial charge in [0.1, 0.15) is 33.8 Å². The number of aliphatic imine (C=N–C) groups is 1. The van der Waals surface area contributed by atoms with Gasteiger partial charge in [0.2, 0.25) is 0 Å². The third-order valence-electron chi connectivity index (χ3n) is 6.69. The molecule has 0 bridgehead atoms. The highest BCUT2D eigenvalue weighted by molar-refractivity contribution is 7.90. The zero-order valence-electron chi connectivity index (χ0n) is 21.2. The van der Waals surface area contributed by atoms with Gasteiger partial charge in [-0.15, -0.1) is 0 Å². The standard InChI is InChI=1S/C29H26FN5O3S/c1-39(36,37)17-25(31)29-10-9-28(38-29)20-5-7-26-21(12-20)14-32-18-34(26)24-6-8-27-22(13-24)15-33-35(27)16-19-3-2-4-23(30)11-19/h2-15,25H,16-18,31H2,1H3. The van der Waals surface area contributed by atoms with Gasteiger partial charge in [-0.25, -0.2) is 12.8 Å². The molecule has 3 aromatic carbocycles. The van der Waals surface area contributed by atoms with Crippen molar-refractivity contribution in [2.75, 3.05) is 23.6 Å². The summed E-state index contributed by atoms with van der Waals surface area (Å²) in [6.45, 7) is 0.953. The van der Waals surface area contributed by atoms with Crippen molar-refractivity contribution >= 4 is 38.3 Å². The van der Waals surface area contributed by atoms with Crippen LogP contribution in [0.2, 0.25) is 0 Å². The maximum absolute atomic E-state index is 13.6. The number of fused-ring (bicyclic) bond motifs is 2. The van der Waals surface area contributed by atoms with Crippen molar-refractivity contribution < 1.29 is 17.2 Å². The summed E-state index contributed by atoms with van der Waals surface area (Å²) >= 11 is 0. The first kappa shape index (κ1) is 25.0. The topological polar surface area (TPSA) is 107 Å². The summed E-state index contributed by atoms with van der Waals surface area (Å²) in [6.07, 6.45) is 4.81. The number of sulfone groups is 1. The molecule has 1 aliphatic heterocycles. The summed E-state index contributed by atoms with van der Waals surface area (Å²) in [5.74, 6) is 0.589. The Labute approximate surface area is 225 Å². The maximum atomic E-state index is 13.6. The van der Waals surface area contributed by atoms with E-state index in [4.69, 9.17) is 10.2 Å². The molecule has 2 N–H and O–H groups in total. The van der Waals surface area contributed by atoms with Crippen LogP contribution in [-0.2, 0) is 16.4 Å². The van der Waals surface area contributed by atoms with Crippen molar-refractivity contribution in [2.24, 2.45) is 10.7 Å². The number of anilines is 2. The summed E-state index contributed by atoms with van der Waals surface area (Å²) < 4.78 is 44.6. The second-order valence-electron chi connectivity index (χ2n) is 9.73. The van der Waals surface area contributed by atoms with E-state index in [2.05, 4.69) is 21.1 Å². The number of furan rings is 1. The predicted molar refractivity (Wildman–Crippen MR) is 151 cm³/mol. The minimum atomic E-state index is -3.23. The maximum Gasteiger partial charge on any atom is 0.149 e. The summed E-state index contributed by atoms with van der Waals surface area (Å²) in [7, 11) is -3.23. The van der Waals surface area contributed by atoms with Crippen LogP contribution in [-0.4, -0.2) is 43.1 Å². The normalized spacial score (nSPS) is 14.1. The van der Waals surface area contributed by atoms with Gasteiger partial charge in [0.05, 0.1) is 35.7 Å². The Morgan fingerprint density at radius 1 is 1.08 bits per heavy atom. The van der Waals surface area contributed by atoms with Crippen molar-refractivity contribution in [3.8, 4) is 11.3 Å². The Bertz CT molecular complexity index is 1830. The molecule has 198 valence electrons. The van der Waals surface area contributed by atoms with E-state index in [9.17, 15) is 12.8 Å². The Morgan fingerprint density at radius 3 is 2.77 bits per heavy atom. The van der Waals surface area contributed by atoms with E-state index in [-0.39, 0.29) is 11.6 Å². The smallest absolute Gasteiger partial charge is 0.149 e. The van der Waals surface area contributed by atoms with Crippen LogP contribution in [0.4, 0.5) is 15.8 Å². The monoisotopic (exact) mass is 543 g/mol. The Hall–Kier alpha value is -4.28. The number of rotatable bonds is 7. The van der Waals surface area contributed by atoms with Gasteiger partial charge in [-0.3, -0.25) is 9.67 Å². The van der Waals surface area contributed by atoms with Crippen LogP contribution in [0.3, 0.4) is 0 Å². The van der Waals surface area contributed by atoms with Crippen molar-refractivity contribution in [2.45, 2.75) is 12.6 Å². The van der Waals surface area contributed by atoms with Gasteiger partial charge >= 0.3 is 0 Å². The van der Waals surface area contributed by atoms with E-state index in [1.165, 1.54) is 12.1 Å². The first-order valence-corrected chi connectivity index (χ1v) is 14.4. The largest absolute Gasteiger partial charge is 0.459 e. The molecule has 6 rings (SSSR count). The molecule has 1 aliphatic rings. The molecule has 10 heteroatoms. The predicted octanol–water partition coefficient (Wildman–Crippen LogP) is 5.06. The number of hydrogen-bond acceptors (Lipinski definition) is 7. The van der Waals surface area contributed by atoms with Crippen LogP contribution in [0.1, 0.15) is 22.9 Å². The molecule has 1 unspecified atom stereocenters. The fourth-order valence-electron chi connectivity index (χ4n) is 4.87. The number of halogens is 1. The van der Waals surface area contributed by atoms with Crippen molar-refractivity contribution in [3.05, 3.63) is 102 Å². The van der Waals surface area contributed by atoms with Crippen molar-refractivity contribution in [1.29, 1.82) is 0 Å². The van der Waals surface area contributed by atoms with Gasteiger partial charge in [0.25, 0.3) is 0 Å². The van der Waals surface area contributed by atoms with Crippen molar-refractivity contribution in [1.82, 2.24) is 9.78 Å². The van der Waals surface area contributed by atoms with Crippen molar-refractivity contribution in [3.63, 3.8) is 0 Å². The molecule has 2 aromatic heterocycles. The van der Waals surface area contributed by atoms with Crippen LogP contribution in [0.15, 0.2) is 88.4 Å². The summed E-state index contributed by atoms with van der Waals surface area (Å²) in [5.41, 5.74) is 11.6. The Balaban J connectivity index is 1.25. The SMILES string of the molecule is CS(=O)(=O)CC(N)c1ccc(-c2ccc3c(c2)C=NCN3c2ccc3c(cnn3Cc3cccc(F)c3)c2)o1. The molecule has 0 amide bonds. The molecule has 5 aromatic rings. The molecule has 1 atom stereocenters. The summed E-state index contributed by atoms with van der Waals surface area (Å²) in [6, 6.07) is 21.4. The average Bonchev–Trinajstić information content (AvgIpc) is 3.55. The zero-order chi connectivity index (χ0) is 27.1. The first-order valence-electron chi connectivity index (χ1n) is 12.4. The quantitative estimate of drug-likeness (QED) is 0.308. The van der Waals surface area contributed by atoms with E-state index in [1.807, 2.05) is 53.5 Å². The lowest BCUT2D eigenvalue weighted by molar-refractivity contribution is 0.488. The lowest BCUT2D eigenvalue weighted by Gasteiger charge is -2.28. The highest BCUT2D eigenvalue weighted by Gasteiger charge is 2.20. The number of nitrogens with zero attached hydrogens (tertiary/aromatic N) is 4. The fourth-order valence-corrected chi connectivity index (χ4v) is 5.68. The molecular weight excluding hydrogens is 517 g/mol. The van der Waals surface area contributed by atoms with Crippen LogP contribution in [0.25, 0.3) is 22.2 Å². The summed E-state index contributed by atoms with van der Waals surface area (Å²) in [5, 5.41) is 5.50. The lowest BCUT2D eigenvalue weighted by atomic mass is 10.0. The molecule has 0 aliphatic carbocycles. The van der Waals surface area contributed by atoms with E-state index < -0.39 is 15.9 Å². The average molecular weight is 544 g/mol. The van der Waals surface area contributed by atoms with Gasteiger partial charge in [-0.05, 0) is 66.2 Å². The molecule has 39 heavy (non-hydrogen) atoms. The highest BCUT2D eigenvalue weighted by Crippen LogP contribution is 2.35. The molecule has 8 nitrogen and oxygen atoms in total. The van der Waals surface area contributed by atoms with Gasteiger partial charge in [-0.2, -0.15) is 5.10 Å². The van der Waals surface area contributed by atoms with Gasteiger partial charge < -0.3 is 15.1 Å². The van der Waals surface area contributed by atoms with E-state index in [0.29, 0.717) is 24.7 Å². The second kappa shape index (κ2) is 9.79.